The lowest BCUT2D eigenvalue weighted by molar-refractivity contribution is -0.147. The molecule has 0 aliphatic carbocycles. The maximum atomic E-state index is 14.8. The van der Waals surface area contributed by atoms with Crippen LogP contribution in [0.4, 0.5) is 25.1 Å². The molecule has 2 aromatic rings. The van der Waals surface area contributed by atoms with Gasteiger partial charge in [-0.25, -0.2) is 18.6 Å². The second-order valence-electron chi connectivity index (χ2n) is 9.12. The zero-order valence-electron chi connectivity index (χ0n) is 19.5. The van der Waals surface area contributed by atoms with Crippen molar-refractivity contribution in [2.45, 2.75) is 58.4 Å². The Morgan fingerprint density at radius 3 is 2.44 bits per heavy atom. The van der Waals surface area contributed by atoms with Gasteiger partial charge in [0.25, 0.3) is 0 Å². The highest BCUT2D eigenvalue weighted by molar-refractivity contribution is 6.39. The lowest BCUT2D eigenvalue weighted by Gasteiger charge is -2.37. The number of aromatic nitrogens is 1. The van der Waals surface area contributed by atoms with Crippen LogP contribution in [0.15, 0.2) is 36.5 Å². The largest absolute Gasteiger partial charge is 0.444 e. The van der Waals surface area contributed by atoms with Gasteiger partial charge in [-0.2, -0.15) is 0 Å². The molecule has 10 heteroatoms. The number of benzene rings is 1. The Balaban J connectivity index is 1.70. The van der Waals surface area contributed by atoms with E-state index in [4.69, 9.17) is 4.74 Å². The first-order chi connectivity index (χ1) is 15.9. The van der Waals surface area contributed by atoms with Crippen LogP contribution in [0.25, 0.3) is 0 Å². The van der Waals surface area contributed by atoms with E-state index in [2.05, 4.69) is 15.6 Å². The number of rotatable bonds is 3. The summed E-state index contributed by atoms with van der Waals surface area (Å²) in [5.41, 5.74) is 0.509. The van der Waals surface area contributed by atoms with Crippen LogP contribution in [-0.4, -0.2) is 46.1 Å². The van der Waals surface area contributed by atoms with Gasteiger partial charge in [0, 0.05) is 6.54 Å². The number of halogens is 2. The minimum atomic E-state index is -1.38. The molecule has 8 nitrogen and oxygen atoms in total. The van der Waals surface area contributed by atoms with Crippen molar-refractivity contribution < 1.29 is 27.9 Å². The van der Waals surface area contributed by atoms with Crippen LogP contribution in [0, 0.1) is 12.7 Å². The minimum Gasteiger partial charge on any atom is -0.444 e. The van der Waals surface area contributed by atoms with Gasteiger partial charge in [-0.1, -0.05) is 12.1 Å². The third kappa shape index (κ3) is 6.27. The van der Waals surface area contributed by atoms with Crippen molar-refractivity contribution in [2.24, 2.45) is 0 Å². The third-order valence-corrected chi connectivity index (χ3v) is 5.18. The van der Waals surface area contributed by atoms with E-state index in [1.54, 1.807) is 27.7 Å². The molecule has 34 heavy (non-hydrogen) atoms. The number of hydrogen-bond donors (Lipinski definition) is 2. The predicted octanol–water partition coefficient (Wildman–Crippen LogP) is 4.52. The second kappa shape index (κ2) is 10.1. The zero-order chi connectivity index (χ0) is 25.0. The van der Waals surface area contributed by atoms with E-state index >= 15 is 0 Å². The standard InChI is InChI=1S/C24H28F2N4O4/c1-14-12-17(13-27-20(14)29-23(33)34-24(2,3)4)28-21(31)22(32)30-11-5-6-18(26)19(30)15-7-9-16(25)10-8-15/h7-10,12-13,18-19H,5-6,11H2,1-4H3,(H,28,31)(H,27,29,33)/t18-,19-/m1/s1. The summed E-state index contributed by atoms with van der Waals surface area (Å²) in [5.74, 6) is -2.08. The summed E-state index contributed by atoms with van der Waals surface area (Å²) in [6.07, 6.45) is -0.117. The molecule has 0 bridgehead atoms. The fraction of sp³-hybridized carbons (Fsp3) is 0.417. The van der Waals surface area contributed by atoms with Gasteiger partial charge < -0.3 is 15.0 Å². The molecule has 2 heterocycles. The fourth-order valence-corrected chi connectivity index (χ4v) is 3.71. The van der Waals surface area contributed by atoms with E-state index in [-0.39, 0.29) is 24.5 Å². The van der Waals surface area contributed by atoms with Crippen LogP contribution >= 0.6 is 0 Å². The monoisotopic (exact) mass is 474 g/mol. The first kappa shape index (κ1) is 25.1. The van der Waals surface area contributed by atoms with Crippen LogP contribution in [0.2, 0.25) is 0 Å². The molecule has 1 aliphatic heterocycles. The smallest absolute Gasteiger partial charge is 0.413 e. The summed E-state index contributed by atoms with van der Waals surface area (Å²) in [4.78, 5) is 42.8. The quantitative estimate of drug-likeness (QED) is 0.638. The highest BCUT2D eigenvalue weighted by Gasteiger charge is 2.38. The molecule has 0 spiro atoms. The van der Waals surface area contributed by atoms with Crippen molar-refractivity contribution in [3.05, 3.63) is 53.5 Å². The molecule has 3 rings (SSSR count). The molecule has 2 atom stereocenters. The number of carbonyl (C=O) groups excluding carboxylic acids is 3. The van der Waals surface area contributed by atoms with Gasteiger partial charge in [-0.05, 0) is 69.9 Å². The Labute approximate surface area is 196 Å². The maximum Gasteiger partial charge on any atom is 0.413 e. The van der Waals surface area contributed by atoms with E-state index in [1.165, 1.54) is 41.4 Å². The van der Waals surface area contributed by atoms with Gasteiger partial charge >= 0.3 is 17.9 Å². The number of pyridine rings is 1. The number of likely N-dealkylation sites (tertiary alicyclic amines) is 1. The molecule has 1 aromatic heterocycles. The summed E-state index contributed by atoms with van der Waals surface area (Å²) < 4.78 is 33.3. The zero-order valence-corrected chi connectivity index (χ0v) is 19.5. The number of alkyl halides is 1. The number of anilines is 2. The van der Waals surface area contributed by atoms with Crippen molar-refractivity contribution >= 4 is 29.4 Å². The van der Waals surface area contributed by atoms with E-state index in [9.17, 15) is 23.2 Å². The van der Waals surface area contributed by atoms with Crippen LogP contribution in [0.1, 0.15) is 50.8 Å². The first-order valence-corrected chi connectivity index (χ1v) is 10.9. The van der Waals surface area contributed by atoms with Gasteiger partial charge in [0.2, 0.25) is 0 Å². The van der Waals surface area contributed by atoms with Crippen LogP contribution in [-0.2, 0) is 14.3 Å². The van der Waals surface area contributed by atoms with Gasteiger partial charge in [-0.15, -0.1) is 0 Å². The van der Waals surface area contributed by atoms with E-state index in [1.807, 2.05) is 0 Å². The molecule has 1 fully saturated rings. The molecule has 1 aliphatic rings. The minimum absolute atomic E-state index is 0.199. The van der Waals surface area contributed by atoms with Gasteiger partial charge in [0.05, 0.1) is 17.9 Å². The SMILES string of the molecule is Cc1cc(NC(=O)C(=O)N2CCC[C@@H](F)[C@H]2c2ccc(F)cc2)cnc1NC(=O)OC(C)(C)C. The number of aryl methyl sites for hydroxylation is 1. The molecule has 182 valence electrons. The topological polar surface area (TPSA) is 101 Å². The number of amides is 3. The highest BCUT2D eigenvalue weighted by atomic mass is 19.1. The summed E-state index contributed by atoms with van der Waals surface area (Å²) >= 11 is 0. The predicted molar refractivity (Wildman–Crippen MR) is 122 cm³/mol. The number of ether oxygens (including phenoxy) is 1. The fourth-order valence-electron chi connectivity index (χ4n) is 3.71. The van der Waals surface area contributed by atoms with Crippen molar-refractivity contribution in [1.82, 2.24) is 9.88 Å². The van der Waals surface area contributed by atoms with Crippen molar-refractivity contribution in [2.75, 3.05) is 17.2 Å². The van der Waals surface area contributed by atoms with Gasteiger partial charge in [-0.3, -0.25) is 14.9 Å². The van der Waals surface area contributed by atoms with Crippen LogP contribution in [0.5, 0.6) is 0 Å². The number of nitrogens with one attached hydrogen (secondary N) is 2. The van der Waals surface area contributed by atoms with Crippen LogP contribution < -0.4 is 10.6 Å². The number of carbonyl (C=O) groups is 3. The summed E-state index contributed by atoms with van der Waals surface area (Å²) in [6.45, 7) is 7.06. The summed E-state index contributed by atoms with van der Waals surface area (Å²) in [7, 11) is 0. The van der Waals surface area contributed by atoms with Gasteiger partial charge in [0.1, 0.15) is 23.4 Å². The first-order valence-electron chi connectivity index (χ1n) is 10.9. The van der Waals surface area contributed by atoms with Gasteiger partial charge in [0.15, 0.2) is 0 Å². The molecule has 0 saturated carbocycles. The van der Waals surface area contributed by atoms with Crippen molar-refractivity contribution in [3.8, 4) is 0 Å². The summed E-state index contributed by atoms with van der Waals surface area (Å²) in [5, 5.41) is 5.00. The molecule has 0 unspecified atom stereocenters. The lowest BCUT2D eigenvalue weighted by atomic mass is 9.93. The molecule has 3 amide bonds. The van der Waals surface area contributed by atoms with Crippen molar-refractivity contribution in [3.63, 3.8) is 0 Å². The molecule has 0 radical (unpaired) electrons. The van der Waals surface area contributed by atoms with E-state index < -0.39 is 41.5 Å². The molecular formula is C24H28F2N4O4. The Kier molecular flexibility index (Phi) is 7.48. The highest BCUT2D eigenvalue weighted by Crippen LogP contribution is 2.33. The maximum absolute atomic E-state index is 14.8. The van der Waals surface area contributed by atoms with Crippen molar-refractivity contribution in [1.29, 1.82) is 0 Å². The Bertz CT molecular complexity index is 1070. The average molecular weight is 475 g/mol. The second-order valence-corrected chi connectivity index (χ2v) is 9.12. The Morgan fingerprint density at radius 1 is 1.15 bits per heavy atom. The normalized spacial score (nSPS) is 18.2. The molecule has 2 N–H and O–H groups in total. The van der Waals surface area contributed by atoms with E-state index in [0.29, 0.717) is 17.5 Å². The van der Waals surface area contributed by atoms with Crippen LogP contribution in [0.3, 0.4) is 0 Å². The average Bonchev–Trinajstić information content (AvgIpc) is 2.74. The molecular weight excluding hydrogens is 446 g/mol. The third-order valence-electron chi connectivity index (χ3n) is 5.18. The Morgan fingerprint density at radius 2 is 1.82 bits per heavy atom. The Hall–Kier alpha value is -3.56. The molecule has 1 aromatic carbocycles. The number of hydrogen-bond acceptors (Lipinski definition) is 5. The lowest BCUT2D eigenvalue weighted by Crippen LogP contribution is -2.48. The number of nitrogens with zero attached hydrogens (tertiary/aromatic N) is 2. The molecule has 1 saturated heterocycles. The summed E-state index contributed by atoms with van der Waals surface area (Å²) in [6, 6.07) is 5.78. The van der Waals surface area contributed by atoms with E-state index in [0.717, 1.165) is 0 Å². The number of piperidine rings is 1.